The summed E-state index contributed by atoms with van der Waals surface area (Å²) >= 11 is 1.92. The summed E-state index contributed by atoms with van der Waals surface area (Å²) in [5.41, 5.74) is 15.6. The Kier molecular flexibility index (Phi) is 7.98. The van der Waals surface area contributed by atoms with Crippen molar-refractivity contribution in [2.24, 2.45) is 0 Å². The average molecular weight is 744 g/mol. The Morgan fingerprint density at radius 1 is 0.333 bits per heavy atom. The molecule has 0 amide bonds. The third-order valence-electron chi connectivity index (χ3n) is 11.7. The maximum atomic E-state index is 2.44. The van der Waals surface area contributed by atoms with E-state index < -0.39 is 5.41 Å². The summed E-state index contributed by atoms with van der Waals surface area (Å²) in [5, 5.41) is 2.55. The summed E-state index contributed by atoms with van der Waals surface area (Å²) in [6.07, 6.45) is 0. The monoisotopic (exact) mass is 743 g/mol. The predicted molar refractivity (Wildman–Crippen MR) is 242 cm³/mol. The Morgan fingerprint density at radius 2 is 0.807 bits per heavy atom. The van der Waals surface area contributed by atoms with Gasteiger partial charge < -0.3 is 4.90 Å². The molecule has 0 saturated heterocycles. The van der Waals surface area contributed by atoms with Crippen LogP contribution in [-0.4, -0.2) is 0 Å². The van der Waals surface area contributed by atoms with Crippen LogP contribution < -0.4 is 4.90 Å². The normalized spacial score (nSPS) is 12.7. The van der Waals surface area contributed by atoms with E-state index in [9.17, 15) is 0 Å². The topological polar surface area (TPSA) is 3.24 Å². The molecular weight excluding hydrogens is 707 g/mol. The molecule has 0 spiro atoms. The van der Waals surface area contributed by atoms with Gasteiger partial charge in [-0.2, -0.15) is 0 Å². The van der Waals surface area contributed by atoms with Crippen molar-refractivity contribution in [3.63, 3.8) is 0 Å². The molecule has 2 heteroatoms. The number of rotatable bonds is 7. The van der Waals surface area contributed by atoms with E-state index in [0.717, 1.165) is 11.4 Å². The first kappa shape index (κ1) is 33.3. The minimum atomic E-state index is -0.475. The number of anilines is 3. The summed E-state index contributed by atoms with van der Waals surface area (Å²) < 4.78 is 2.58. The molecule has 0 radical (unpaired) electrons. The molecule has 0 saturated carbocycles. The first-order valence-corrected chi connectivity index (χ1v) is 20.4. The van der Waals surface area contributed by atoms with Crippen molar-refractivity contribution >= 4 is 48.6 Å². The summed E-state index contributed by atoms with van der Waals surface area (Å²) in [5.74, 6) is 0. The minimum absolute atomic E-state index is 0.475. The van der Waals surface area contributed by atoms with Crippen LogP contribution in [0.1, 0.15) is 22.3 Å². The number of thiophene rings is 1. The molecule has 10 aromatic rings. The van der Waals surface area contributed by atoms with Crippen LogP contribution in [0.15, 0.2) is 224 Å². The second kappa shape index (κ2) is 13.6. The maximum Gasteiger partial charge on any atom is 0.0727 e. The summed E-state index contributed by atoms with van der Waals surface area (Å²) in [7, 11) is 0. The van der Waals surface area contributed by atoms with Gasteiger partial charge in [0.25, 0.3) is 0 Å². The minimum Gasteiger partial charge on any atom is -0.309 e. The van der Waals surface area contributed by atoms with Crippen LogP contribution in [0.4, 0.5) is 17.1 Å². The van der Waals surface area contributed by atoms with Gasteiger partial charge in [0.05, 0.1) is 15.8 Å². The summed E-state index contributed by atoms with van der Waals surface area (Å²) in [6.45, 7) is 0. The van der Waals surface area contributed by atoms with Gasteiger partial charge in [-0.25, -0.2) is 0 Å². The number of benzene rings is 9. The Morgan fingerprint density at radius 3 is 1.51 bits per heavy atom. The molecule has 0 unspecified atom stereocenters. The number of nitrogens with zero attached hydrogens (tertiary/aromatic N) is 1. The SMILES string of the molecule is c1ccc(-c2cccc(-c3cccc(N(c4ccccc4)c4cccc5c4sc4c(C6(c7ccccc7)c7ccccc7-c7ccccc76)cccc45)c3)c2)cc1. The lowest BCUT2D eigenvalue weighted by Gasteiger charge is -2.34. The van der Waals surface area contributed by atoms with Crippen LogP contribution in [0, 0.1) is 0 Å². The van der Waals surface area contributed by atoms with Gasteiger partial charge >= 0.3 is 0 Å². The molecule has 0 fully saturated rings. The molecule has 1 heterocycles. The van der Waals surface area contributed by atoms with Crippen LogP contribution in [0.5, 0.6) is 0 Å². The zero-order valence-corrected chi connectivity index (χ0v) is 32.0. The van der Waals surface area contributed by atoms with E-state index in [1.807, 2.05) is 11.3 Å². The highest BCUT2D eigenvalue weighted by atomic mass is 32.1. The fourth-order valence-corrected chi connectivity index (χ4v) is 10.7. The summed E-state index contributed by atoms with van der Waals surface area (Å²) in [6, 6.07) is 82.3. The van der Waals surface area contributed by atoms with Crippen molar-refractivity contribution < 1.29 is 0 Å². The van der Waals surface area contributed by atoms with Gasteiger partial charge in [-0.3, -0.25) is 0 Å². The lowest BCUT2D eigenvalue weighted by atomic mass is 9.67. The number of fused-ring (bicyclic) bond motifs is 6. The number of hydrogen-bond donors (Lipinski definition) is 0. The molecule has 0 aliphatic heterocycles. The van der Waals surface area contributed by atoms with Crippen molar-refractivity contribution in [2.45, 2.75) is 5.41 Å². The highest BCUT2D eigenvalue weighted by Crippen LogP contribution is 2.58. The van der Waals surface area contributed by atoms with Crippen LogP contribution >= 0.6 is 11.3 Å². The second-order valence-corrected chi connectivity index (χ2v) is 15.8. The Bertz CT molecular complexity index is 3030. The highest BCUT2D eigenvalue weighted by molar-refractivity contribution is 7.26. The van der Waals surface area contributed by atoms with Gasteiger partial charge in [-0.1, -0.05) is 188 Å². The molecule has 1 nitrogen and oxygen atoms in total. The lowest BCUT2D eigenvalue weighted by Crippen LogP contribution is -2.28. The maximum absolute atomic E-state index is 2.44. The molecule has 0 N–H and O–H groups in total. The van der Waals surface area contributed by atoms with E-state index >= 15 is 0 Å². The average Bonchev–Trinajstić information content (AvgIpc) is 3.83. The molecule has 1 aliphatic rings. The fourth-order valence-electron chi connectivity index (χ4n) is 9.29. The van der Waals surface area contributed by atoms with Gasteiger partial charge in [0.15, 0.2) is 0 Å². The molecule has 57 heavy (non-hydrogen) atoms. The highest BCUT2D eigenvalue weighted by Gasteiger charge is 2.47. The Hall–Kier alpha value is -7.00. The standard InChI is InChI=1S/C55H37NS/c1-4-18-38(19-5-1)39-20-14-21-40(36-39)41-22-15-27-44(37-41)56(43-25-8-3-9-26-43)52-35-17-31-48-47-30-16-34-51(53(47)57-54(48)52)55(42-23-6-2-7-24-42)49-32-12-10-28-45(49)46-29-11-13-33-50(46)55/h1-37H. The third kappa shape index (κ3) is 5.29. The largest absolute Gasteiger partial charge is 0.309 e. The lowest BCUT2D eigenvalue weighted by molar-refractivity contribution is 0.778. The third-order valence-corrected chi connectivity index (χ3v) is 13.0. The van der Waals surface area contributed by atoms with Gasteiger partial charge in [0.1, 0.15) is 0 Å². The van der Waals surface area contributed by atoms with E-state index in [-0.39, 0.29) is 0 Å². The second-order valence-electron chi connectivity index (χ2n) is 14.8. The molecule has 0 bridgehead atoms. The van der Waals surface area contributed by atoms with Crippen LogP contribution in [-0.2, 0) is 5.41 Å². The van der Waals surface area contributed by atoms with Gasteiger partial charge in [0, 0.05) is 26.8 Å². The molecular formula is C55H37NS. The summed E-state index contributed by atoms with van der Waals surface area (Å²) in [4.78, 5) is 2.44. The zero-order valence-electron chi connectivity index (χ0n) is 31.2. The number of para-hydroxylation sites is 1. The zero-order chi connectivity index (χ0) is 37.8. The van der Waals surface area contributed by atoms with Crippen molar-refractivity contribution in [3.8, 4) is 33.4 Å². The van der Waals surface area contributed by atoms with E-state index in [1.165, 1.54) is 81.5 Å². The number of hydrogen-bond acceptors (Lipinski definition) is 2. The van der Waals surface area contributed by atoms with E-state index in [0.29, 0.717) is 0 Å². The molecule has 1 aliphatic carbocycles. The molecule has 11 rings (SSSR count). The smallest absolute Gasteiger partial charge is 0.0727 e. The predicted octanol–water partition coefficient (Wildman–Crippen LogP) is 15.2. The van der Waals surface area contributed by atoms with Gasteiger partial charge in [-0.05, 0) is 92.0 Å². The van der Waals surface area contributed by atoms with Gasteiger partial charge in [-0.15, -0.1) is 11.3 Å². The fraction of sp³-hybridized carbons (Fsp3) is 0.0182. The van der Waals surface area contributed by atoms with Crippen LogP contribution in [0.3, 0.4) is 0 Å². The molecule has 0 atom stereocenters. The first-order valence-electron chi connectivity index (χ1n) is 19.6. The van der Waals surface area contributed by atoms with Crippen LogP contribution in [0.2, 0.25) is 0 Å². The van der Waals surface area contributed by atoms with Crippen molar-refractivity contribution in [1.29, 1.82) is 0 Å². The first-order chi connectivity index (χ1) is 28.3. The van der Waals surface area contributed by atoms with E-state index in [1.54, 1.807) is 0 Å². The molecule has 1 aromatic heterocycles. The van der Waals surface area contributed by atoms with Crippen molar-refractivity contribution in [1.82, 2.24) is 0 Å². The Balaban J connectivity index is 1.14. The quantitative estimate of drug-likeness (QED) is 0.157. The van der Waals surface area contributed by atoms with Gasteiger partial charge in [0.2, 0.25) is 0 Å². The van der Waals surface area contributed by atoms with Crippen molar-refractivity contribution in [3.05, 3.63) is 247 Å². The molecule has 268 valence electrons. The Labute approximate surface area is 337 Å². The molecule has 9 aromatic carbocycles. The van der Waals surface area contributed by atoms with Crippen molar-refractivity contribution in [2.75, 3.05) is 4.90 Å². The van der Waals surface area contributed by atoms with E-state index in [2.05, 4.69) is 229 Å². The van der Waals surface area contributed by atoms with E-state index in [4.69, 9.17) is 0 Å². The van der Waals surface area contributed by atoms with Crippen LogP contribution in [0.25, 0.3) is 53.6 Å².